The van der Waals surface area contributed by atoms with Crippen LogP contribution < -0.4 is 5.32 Å². The van der Waals surface area contributed by atoms with Gasteiger partial charge in [-0.05, 0) is 44.5 Å². The molecular formula is C24H24N2O4. The van der Waals surface area contributed by atoms with Gasteiger partial charge in [0.2, 0.25) is 5.91 Å². The molecule has 3 aromatic rings. The Hall–Kier alpha value is -3.67. The van der Waals surface area contributed by atoms with Gasteiger partial charge in [-0.25, -0.2) is 4.79 Å². The van der Waals surface area contributed by atoms with Gasteiger partial charge in [-0.15, -0.1) is 0 Å². The minimum absolute atomic E-state index is 0.0137. The van der Waals surface area contributed by atoms with E-state index in [1.807, 2.05) is 30.3 Å². The molecule has 1 amide bonds. The maximum atomic E-state index is 12.8. The average molecular weight is 404 g/mol. The van der Waals surface area contributed by atoms with Crippen molar-refractivity contribution in [2.24, 2.45) is 0 Å². The second-order valence-corrected chi connectivity index (χ2v) is 6.89. The van der Waals surface area contributed by atoms with E-state index in [0.29, 0.717) is 22.5 Å². The minimum Gasteiger partial charge on any atom is -0.462 e. The normalized spacial score (nSPS) is 10.5. The van der Waals surface area contributed by atoms with E-state index in [2.05, 4.69) is 5.32 Å². The van der Waals surface area contributed by atoms with Crippen molar-refractivity contribution < 1.29 is 19.1 Å². The van der Waals surface area contributed by atoms with Crippen molar-refractivity contribution in [3.8, 4) is 11.3 Å². The zero-order valence-corrected chi connectivity index (χ0v) is 17.3. The smallest absolute Gasteiger partial charge is 0.339 e. The van der Waals surface area contributed by atoms with Gasteiger partial charge in [-0.2, -0.15) is 0 Å². The van der Waals surface area contributed by atoms with Gasteiger partial charge in [-0.3, -0.25) is 9.59 Å². The van der Waals surface area contributed by atoms with Crippen LogP contribution in [0.25, 0.3) is 11.3 Å². The Bertz CT molecular complexity index is 1080. The number of ether oxygens (including phenoxy) is 1. The summed E-state index contributed by atoms with van der Waals surface area (Å²) in [5.41, 5.74) is 3.80. The molecule has 0 radical (unpaired) electrons. The van der Waals surface area contributed by atoms with Crippen LogP contribution in [0.5, 0.6) is 0 Å². The monoisotopic (exact) mass is 404 g/mol. The van der Waals surface area contributed by atoms with Gasteiger partial charge in [-0.1, -0.05) is 42.5 Å². The van der Waals surface area contributed by atoms with Crippen molar-refractivity contribution in [1.82, 2.24) is 4.57 Å². The molecule has 30 heavy (non-hydrogen) atoms. The van der Waals surface area contributed by atoms with Gasteiger partial charge in [0.25, 0.3) is 0 Å². The third-order valence-electron chi connectivity index (χ3n) is 4.79. The van der Waals surface area contributed by atoms with Crippen LogP contribution in [0.2, 0.25) is 0 Å². The molecule has 6 heteroatoms. The Morgan fingerprint density at radius 3 is 2.40 bits per heavy atom. The molecule has 0 unspecified atom stereocenters. The molecule has 1 heterocycles. The Balaban J connectivity index is 1.92. The number of rotatable bonds is 7. The van der Waals surface area contributed by atoms with E-state index >= 15 is 0 Å². The minimum atomic E-state index is -0.416. The molecule has 0 saturated carbocycles. The summed E-state index contributed by atoms with van der Waals surface area (Å²) >= 11 is 0. The number of benzene rings is 2. The summed E-state index contributed by atoms with van der Waals surface area (Å²) in [5, 5.41) is 2.83. The van der Waals surface area contributed by atoms with Crippen molar-refractivity contribution in [3.05, 3.63) is 77.5 Å². The molecule has 154 valence electrons. The predicted octanol–water partition coefficient (Wildman–Crippen LogP) is 4.48. The summed E-state index contributed by atoms with van der Waals surface area (Å²) in [6.45, 7) is 5.32. The van der Waals surface area contributed by atoms with Crippen LogP contribution in [0.15, 0.2) is 60.7 Å². The number of aromatic nitrogens is 1. The fourth-order valence-corrected chi connectivity index (χ4v) is 3.27. The highest BCUT2D eigenvalue weighted by Crippen LogP contribution is 2.26. The summed E-state index contributed by atoms with van der Waals surface area (Å²) in [6.07, 6.45) is 0. The molecule has 2 aromatic carbocycles. The van der Waals surface area contributed by atoms with Crippen LogP contribution in [-0.2, 0) is 16.1 Å². The summed E-state index contributed by atoms with van der Waals surface area (Å²) in [4.78, 5) is 36.7. The standard InChI is InChI=1S/C24H24N2O4/c1-4-30-24(29)21-14-22(18-9-6-5-7-10-18)26(16(21)2)15-23(28)25-20-12-8-11-19(13-20)17(3)27/h5-14H,4,15H2,1-3H3,(H,25,28). The van der Waals surface area contributed by atoms with E-state index in [-0.39, 0.29) is 24.8 Å². The Kier molecular flexibility index (Phi) is 6.47. The van der Waals surface area contributed by atoms with Gasteiger partial charge >= 0.3 is 5.97 Å². The molecule has 0 fully saturated rings. The van der Waals surface area contributed by atoms with Crippen molar-refractivity contribution in [2.75, 3.05) is 11.9 Å². The van der Waals surface area contributed by atoms with E-state index < -0.39 is 5.97 Å². The molecule has 0 saturated heterocycles. The highest BCUT2D eigenvalue weighted by atomic mass is 16.5. The van der Waals surface area contributed by atoms with Crippen LogP contribution in [0.1, 0.15) is 40.3 Å². The Labute approximate surface area is 175 Å². The number of amides is 1. The second kappa shape index (κ2) is 9.22. The predicted molar refractivity (Wildman–Crippen MR) is 116 cm³/mol. The molecule has 0 aliphatic rings. The lowest BCUT2D eigenvalue weighted by molar-refractivity contribution is -0.116. The van der Waals surface area contributed by atoms with Gasteiger partial charge in [0.05, 0.1) is 12.2 Å². The first-order valence-corrected chi connectivity index (χ1v) is 9.74. The van der Waals surface area contributed by atoms with E-state index in [0.717, 1.165) is 11.3 Å². The molecule has 0 atom stereocenters. The van der Waals surface area contributed by atoms with Crippen LogP contribution in [-0.4, -0.2) is 28.8 Å². The number of hydrogen-bond acceptors (Lipinski definition) is 4. The lowest BCUT2D eigenvalue weighted by Gasteiger charge is -2.13. The Morgan fingerprint density at radius 1 is 1.00 bits per heavy atom. The number of anilines is 1. The van der Waals surface area contributed by atoms with Gasteiger partial charge in [0.1, 0.15) is 6.54 Å². The van der Waals surface area contributed by atoms with Crippen molar-refractivity contribution in [3.63, 3.8) is 0 Å². The third kappa shape index (κ3) is 4.66. The van der Waals surface area contributed by atoms with E-state index in [1.54, 1.807) is 48.7 Å². The second-order valence-electron chi connectivity index (χ2n) is 6.89. The third-order valence-corrected chi connectivity index (χ3v) is 4.79. The maximum Gasteiger partial charge on any atom is 0.339 e. The number of hydrogen-bond donors (Lipinski definition) is 1. The van der Waals surface area contributed by atoms with Crippen molar-refractivity contribution in [1.29, 1.82) is 0 Å². The van der Waals surface area contributed by atoms with E-state index in [9.17, 15) is 14.4 Å². The maximum absolute atomic E-state index is 12.8. The zero-order valence-electron chi connectivity index (χ0n) is 17.3. The number of carbonyl (C=O) groups excluding carboxylic acids is 3. The topological polar surface area (TPSA) is 77.4 Å². The molecule has 6 nitrogen and oxygen atoms in total. The number of ketones is 1. The quantitative estimate of drug-likeness (QED) is 0.465. The lowest BCUT2D eigenvalue weighted by Crippen LogP contribution is -2.20. The largest absolute Gasteiger partial charge is 0.462 e. The highest BCUT2D eigenvalue weighted by Gasteiger charge is 2.21. The summed E-state index contributed by atoms with van der Waals surface area (Å²) in [5.74, 6) is -0.750. The van der Waals surface area contributed by atoms with Crippen molar-refractivity contribution in [2.45, 2.75) is 27.3 Å². The summed E-state index contributed by atoms with van der Waals surface area (Å²) in [7, 11) is 0. The van der Waals surface area contributed by atoms with Crippen LogP contribution in [0, 0.1) is 6.92 Å². The van der Waals surface area contributed by atoms with Gasteiger partial charge in [0, 0.05) is 22.6 Å². The lowest BCUT2D eigenvalue weighted by atomic mass is 10.1. The van der Waals surface area contributed by atoms with Crippen LogP contribution in [0.3, 0.4) is 0 Å². The molecule has 3 rings (SSSR count). The first kappa shape index (κ1) is 21.0. The fourth-order valence-electron chi connectivity index (χ4n) is 3.27. The molecular weight excluding hydrogens is 380 g/mol. The van der Waals surface area contributed by atoms with Gasteiger partial charge in [0.15, 0.2) is 5.78 Å². The Morgan fingerprint density at radius 2 is 1.73 bits per heavy atom. The summed E-state index contributed by atoms with van der Waals surface area (Å²) < 4.78 is 6.96. The molecule has 1 N–H and O–H groups in total. The fraction of sp³-hybridized carbons (Fsp3) is 0.208. The summed E-state index contributed by atoms with van der Waals surface area (Å²) in [6, 6.07) is 18.1. The zero-order chi connectivity index (χ0) is 21.7. The van der Waals surface area contributed by atoms with Gasteiger partial charge < -0.3 is 14.6 Å². The van der Waals surface area contributed by atoms with E-state index in [4.69, 9.17) is 4.74 Å². The highest BCUT2D eigenvalue weighted by molar-refractivity contribution is 5.97. The van der Waals surface area contributed by atoms with Crippen molar-refractivity contribution >= 4 is 23.3 Å². The molecule has 0 bridgehead atoms. The molecule has 0 aliphatic heterocycles. The molecule has 1 aromatic heterocycles. The molecule has 0 aliphatic carbocycles. The number of esters is 1. The van der Waals surface area contributed by atoms with Crippen LogP contribution >= 0.6 is 0 Å². The average Bonchev–Trinajstić information content (AvgIpc) is 3.05. The van der Waals surface area contributed by atoms with Crippen LogP contribution in [0.4, 0.5) is 5.69 Å². The number of carbonyl (C=O) groups is 3. The number of nitrogens with zero attached hydrogens (tertiary/aromatic N) is 1. The SMILES string of the molecule is CCOC(=O)c1cc(-c2ccccc2)n(CC(=O)Nc2cccc(C(C)=O)c2)c1C. The molecule has 0 spiro atoms. The first-order valence-electron chi connectivity index (χ1n) is 9.74. The number of nitrogens with one attached hydrogen (secondary N) is 1. The first-order chi connectivity index (χ1) is 14.4. The van der Waals surface area contributed by atoms with E-state index in [1.165, 1.54) is 6.92 Å². The number of Topliss-reactive ketones (excluding diaryl/α,β-unsaturated/α-hetero) is 1.